The lowest BCUT2D eigenvalue weighted by atomic mass is 10.1. The summed E-state index contributed by atoms with van der Waals surface area (Å²) in [6.45, 7) is 8.47. The molecule has 0 atom stereocenters. The minimum Gasteiger partial charge on any atom is -0.377 e. The lowest BCUT2D eigenvalue weighted by Gasteiger charge is -2.22. The quantitative estimate of drug-likeness (QED) is 0.139. The zero-order chi connectivity index (χ0) is 21.3. The molecule has 0 unspecified atom stereocenters. The van der Waals surface area contributed by atoms with E-state index in [-0.39, 0.29) is 13.3 Å². The molecule has 0 saturated carbocycles. The van der Waals surface area contributed by atoms with Crippen molar-refractivity contribution in [1.29, 1.82) is 0 Å². The second-order valence-electron chi connectivity index (χ2n) is 8.80. The Hall–Kier alpha value is -0.150. The van der Waals surface area contributed by atoms with Crippen molar-refractivity contribution in [2.45, 2.75) is 129 Å². The standard InChI is InChI=1S/C26H54FNO/c1-3-5-7-9-11-13-15-17-19-22-28(24-26-29-25-21-27)23-20-18-16-14-12-10-8-6-4-2/h3-26H2,1-2H3. The molecule has 0 aromatic heterocycles. The maximum Gasteiger partial charge on any atom is 0.113 e. The van der Waals surface area contributed by atoms with Crippen molar-refractivity contribution in [2.24, 2.45) is 0 Å². The fraction of sp³-hybridized carbons (Fsp3) is 1.00. The third kappa shape index (κ3) is 24.0. The van der Waals surface area contributed by atoms with E-state index in [0.29, 0.717) is 6.61 Å². The number of unbranched alkanes of at least 4 members (excludes halogenated alkanes) is 16. The summed E-state index contributed by atoms with van der Waals surface area (Å²) in [5.41, 5.74) is 0. The van der Waals surface area contributed by atoms with Crippen LogP contribution in [0.5, 0.6) is 0 Å². The Balaban J connectivity index is 3.69. The minimum atomic E-state index is -0.365. The molecule has 3 heteroatoms. The summed E-state index contributed by atoms with van der Waals surface area (Å²) < 4.78 is 17.6. The summed E-state index contributed by atoms with van der Waals surface area (Å²) in [4.78, 5) is 2.56. The van der Waals surface area contributed by atoms with Crippen LogP contribution >= 0.6 is 0 Å². The first-order valence-corrected chi connectivity index (χ1v) is 13.2. The molecule has 0 heterocycles. The minimum absolute atomic E-state index is 0.254. The Labute approximate surface area is 183 Å². The summed E-state index contributed by atoms with van der Waals surface area (Å²) in [7, 11) is 0. The Morgan fingerprint density at radius 3 is 1.24 bits per heavy atom. The molecular weight excluding hydrogens is 361 g/mol. The van der Waals surface area contributed by atoms with Crippen molar-refractivity contribution < 1.29 is 9.13 Å². The van der Waals surface area contributed by atoms with Crippen LogP contribution in [-0.4, -0.2) is 44.4 Å². The Morgan fingerprint density at radius 1 is 0.483 bits per heavy atom. The molecule has 0 fully saturated rings. The average Bonchev–Trinajstić information content (AvgIpc) is 2.73. The molecule has 0 aliphatic carbocycles. The molecule has 0 N–H and O–H groups in total. The number of alkyl halides is 1. The van der Waals surface area contributed by atoms with E-state index in [0.717, 1.165) is 6.54 Å². The van der Waals surface area contributed by atoms with Crippen molar-refractivity contribution in [2.75, 3.05) is 39.5 Å². The topological polar surface area (TPSA) is 12.5 Å². The smallest absolute Gasteiger partial charge is 0.113 e. The highest BCUT2D eigenvalue weighted by Crippen LogP contribution is 2.12. The number of ether oxygens (including phenoxy) is 1. The van der Waals surface area contributed by atoms with E-state index < -0.39 is 0 Å². The van der Waals surface area contributed by atoms with Crippen molar-refractivity contribution in [3.8, 4) is 0 Å². The van der Waals surface area contributed by atoms with Crippen LogP contribution in [0.25, 0.3) is 0 Å². The highest BCUT2D eigenvalue weighted by Gasteiger charge is 2.05. The van der Waals surface area contributed by atoms with Gasteiger partial charge in [-0.25, -0.2) is 4.39 Å². The highest BCUT2D eigenvalue weighted by molar-refractivity contribution is 4.60. The average molecular weight is 416 g/mol. The fourth-order valence-corrected chi connectivity index (χ4v) is 3.98. The lowest BCUT2D eigenvalue weighted by molar-refractivity contribution is 0.0918. The molecule has 0 radical (unpaired) electrons. The maximum atomic E-state index is 12.2. The third-order valence-electron chi connectivity index (χ3n) is 5.93. The number of hydrogen-bond acceptors (Lipinski definition) is 2. The monoisotopic (exact) mass is 415 g/mol. The van der Waals surface area contributed by atoms with Gasteiger partial charge in [0, 0.05) is 6.54 Å². The van der Waals surface area contributed by atoms with Crippen LogP contribution in [0.2, 0.25) is 0 Å². The number of nitrogens with zero attached hydrogens (tertiary/aromatic N) is 1. The molecule has 29 heavy (non-hydrogen) atoms. The van der Waals surface area contributed by atoms with E-state index >= 15 is 0 Å². The van der Waals surface area contributed by atoms with Gasteiger partial charge in [0.15, 0.2) is 0 Å². The Bertz CT molecular complexity index is 266. The zero-order valence-electron chi connectivity index (χ0n) is 20.2. The molecule has 0 rings (SSSR count). The Morgan fingerprint density at radius 2 is 0.862 bits per heavy atom. The number of halogens is 1. The molecule has 0 spiro atoms. The van der Waals surface area contributed by atoms with E-state index in [2.05, 4.69) is 18.7 Å². The van der Waals surface area contributed by atoms with Crippen LogP contribution in [0.4, 0.5) is 4.39 Å². The van der Waals surface area contributed by atoms with Gasteiger partial charge in [-0.3, -0.25) is 0 Å². The van der Waals surface area contributed by atoms with Gasteiger partial charge in [0.1, 0.15) is 6.67 Å². The Kier molecular flexibility index (Phi) is 25.8. The van der Waals surface area contributed by atoms with Gasteiger partial charge < -0.3 is 9.64 Å². The van der Waals surface area contributed by atoms with Crippen LogP contribution in [0.15, 0.2) is 0 Å². The van der Waals surface area contributed by atoms with Crippen LogP contribution in [0.3, 0.4) is 0 Å². The SMILES string of the molecule is CCCCCCCCCCCN(CCCCCCCCCCC)CCOCCF. The van der Waals surface area contributed by atoms with Crippen molar-refractivity contribution in [3.63, 3.8) is 0 Å². The first-order valence-electron chi connectivity index (χ1n) is 13.2. The van der Waals surface area contributed by atoms with Crippen LogP contribution in [-0.2, 0) is 4.74 Å². The van der Waals surface area contributed by atoms with Gasteiger partial charge >= 0.3 is 0 Å². The molecule has 2 nitrogen and oxygen atoms in total. The number of rotatable bonds is 25. The molecule has 0 aromatic carbocycles. The van der Waals surface area contributed by atoms with Gasteiger partial charge in [-0.15, -0.1) is 0 Å². The van der Waals surface area contributed by atoms with Crippen molar-refractivity contribution >= 4 is 0 Å². The lowest BCUT2D eigenvalue weighted by Crippen LogP contribution is -2.30. The predicted molar refractivity (Wildman–Crippen MR) is 128 cm³/mol. The second kappa shape index (κ2) is 25.9. The van der Waals surface area contributed by atoms with Gasteiger partial charge in [0.25, 0.3) is 0 Å². The summed E-state index contributed by atoms with van der Waals surface area (Å²) in [5.74, 6) is 0. The largest absolute Gasteiger partial charge is 0.377 e. The molecule has 0 aliphatic rings. The van der Waals surface area contributed by atoms with Gasteiger partial charge in [-0.2, -0.15) is 0 Å². The van der Waals surface area contributed by atoms with Crippen molar-refractivity contribution in [3.05, 3.63) is 0 Å². The maximum absolute atomic E-state index is 12.2. The highest BCUT2D eigenvalue weighted by atomic mass is 19.1. The molecular formula is C26H54FNO. The first-order chi connectivity index (χ1) is 14.3. The van der Waals surface area contributed by atoms with E-state index in [1.165, 1.54) is 129 Å². The van der Waals surface area contributed by atoms with E-state index in [1.807, 2.05) is 0 Å². The van der Waals surface area contributed by atoms with E-state index in [9.17, 15) is 4.39 Å². The van der Waals surface area contributed by atoms with Crippen molar-refractivity contribution in [1.82, 2.24) is 4.90 Å². The first kappa shape index (κ1) is 28.9. The number of hydrogen-bond donors (Lipinski definition) is 0. The van der Waals surface area contributed by atoms with Gasteiger partial charge in [-0.1, -0.05) is 117 Å². The molecule has 0 saturated heterocycles. The van der Waals surface area contributed by atoms with Gasteiger partial charge in [0.05, 0.1) is 13.2 Å². The van der Waals surface area contributed by atoms with Gasteiger partial charge in [0.2, 0.25) is 0 Å². The van der Waals surface area contributed by atoms with Crippen LogP contribution in [0, 0.1) is 0 Å². The van der Waals surface area contributed by atoms with E-state index in [1.54, 1.807) is 0 Å². The van der Waals surface area contributed by atoms with Crippen LogP contribution < -0.4 is 0 Å². The third-order valence-corrected chi connectivity index (χ3v) is 5.93. The predicted octanol–water partition coefficient (Wildman–Crippen LogP) is 8.34. The molecule has 0 bridgehead atoms. The van der Waals surface area contributed by atoms with Crippen LogP contribution in [0.1, 0.15) is 129 Å². The van der Waals surface area contributed by atoms with E-state index in [4.69, 9.17) is 4.74 Å². The van der Waals surface area contributed by atoms with Gasteiger partial charge in [-0.05, 0) is 25.9 Å². The summed E-state index contributed by atoms with van der Waals surface area (Å²) in [5, 5.41) is 0. The molecule has 176 valence electrons. The summed E-state index contributed by atoms with van der Waals surface area (Å²) in [6.07, 6.45) is 24.9. The molecule has 0 amide bonds. The normalized spacial score (nSPS) is 11.6. The zero-order valence-corrected chi connectivity index (χ0v) is 20.2. The fourth-order valence-electron chi connectivity index (χ4n) is 3.98. The molecule has 0 aromatic rings. The summed E-state index contributed by atoms with van der Waals surface area (Å²) in [6, 6.07) is 0. The second-order valence-corrected chi connectivity index (χ2v) is 8.80. The summed E-state index contributed by atoms with van der Waals surface area (Å²) >= 11 is 0. The molecule has 0 aliphatic heterocycles.